The highest BCUT2D eigenvalue weighted by Gasteiger charge is 2.42. The van der Waals surface area contributed by atoms with E-state index in [-0.39, 0.29) is 23.9 Å². The molecule has 0 N–H and O–H groups in total. The van der Waals surface area contributed by atoms with Gasteiger partial charge < -0.3 is 4.74 Å². The summed E-state index contributed by atoms with van der Waals surface area (Å²) in [5.41, 5.74) is 4.80. The Morgan fingerprint density at radius 3 is 2.83 bits per heavy atom. The van der Waals surface area contributed by atoms with Crippen molar-refractivity contribution >= 4 is 12.2 Å². The zero-order valence-electron chi connectivity index (χ0n) is 15.7. The number of amides is 1. The van der Waals surface area contributed by atoms with Crippen molar-refractivity contribution in [2.45, 2.75) is 18.5 Å². The van der Waals surface area contributed by atoms with E-state index >= 15 is 0 Å². The average Bonchev–Trinajstić information content (AvgIpc) is 3.12. The molecule has 0 saturated carbocycles. The summed E-state index contributed by atoms with van der Waals surface area (Å²) >= 11 is 0. The fourth-order valence-electron chi connectivity index (χ4n) is 4.11. The lowest BCUT2D eigenvalue weighted by atomic mass is 9.83. The van der Waals surface area contributed by atoms with E-state index in [1.54, 1.807) is 12.3 Å². The molecule has 5 rings (SSSR count). The van der Waals surface area contributed by atoms with Gasteiger partial charge in [-0.15, -0.1) is 0 Å². The lowest BCUT2D eigenvalue weighted by molar-refractivity contribution is 0.154. The maximum Gasteiger partial charge on any atom is 0.410 e. The minimum atomic E-state index is -0.276. The zero-order valence-corrected chi connectivity index (χ0v) is 15.7. The van der Waals surface area contributed by atoms with Gasteiger partial charge in [0.25, 0.3) is 0 Å². The molecule has 2 aliphatic heterocycles. The summed E-state index contributed by atoms with van der Waals surface area (Å²) in [5, 5.41) is 0. The van der Waals surface area contributed by atoms with Crippen LogP contribution < -0.4 is 0 Å². The number of aromatic nitrogens is 1. The third-order valence-corrected chi connectivity index (χ3v) is 5.58. The van der Waals surface area contributed by atoms with Crippen LogP contribution in [0.4, 0.5) is 9.18 Å². The molecule has 0 bridgehead atoms. The van der Waals surface area contributed by atoms with Crippen molar-refractivity contribution in [1.82, 2.24) is 9.88 Å². The van der Waals surface area contributed by atoms with Crippen LogP contribution in [0, 0.1) is 5.82 Å². The van der Waals surface area contributed by atoms with E-state index < -0.39 is 0 Å². The third kappa shape index (κ3) is 3.29. The van der Waals surface area contributed by atoms with Crippen LogP contribution in [-0.4, -0.2) is 28.6 Å². The molecular formula is C24H19FN2O2. The van der Waals surface area contributed by atoms with Crippen LogP contribution in [-0.2, 0) is 11.3 Å². The molecule has 1 fully saturated rings. The second-order valence-electron chi connectivity index (χ2n) is 7.34. The quantitative estimate of drug-likeness (QED) is 0.635. The standard InChI is InChI=1S/C24H19FN2O2/c25-19-6-3-5-17(12-19)22-11-9-16(13-26-22)8-10-21-20-7-2-1-4-18(20)14-27-23(21)15-29-24(27)28/h1-13,21,23H,14-15H2/b10-8+. The first kappa shape index (κ1) is 17.6. The summed E-state index contributed by atoms with van der Waals surface area (Å²) in [6.45, 7) is 0.993. The van der Waals surface area contributed by atoms with Gasteiger partial charge in [0.15, 0.2) is 0 Å². The number of cyclic esters (lactones) is 1. The fraction of sp³-hybridized carbons (Fsp3) is 0.167. The molecule has 144 valence electrons. The number of pyridine rings is 1. The molecule has 2 aliphatic rings. The molecule has 1 saturated heterocycles. The molecule has 3 heterocycles. The van der Waals surface area contributed by atoms with E-state index in [4.69, 9.17) is 4.74 Å². The Kier molecular flexibility index (Phi) is 4.35. The molecule has 3 aromatic rings. The summed E-state index contributed by atoms with van der Waals surface area (Å²) in [6.07, 6.45) is 5.68. The number of nitrogens with zero attached hydrogens (tertiary/aromatic N) is 2. The minimum absolute atomic E-state index is 0.00757. The molecular weight excluding hydrogens is 367 g/mol. The Hall–Kier alpha value is -3.47. The van der Waals surface area contributed by atoms with Crippen LogP contribution in [0.15, 0.2) is 72.9 Å². The van der Waals surface area contributed by atoms with Crippen molar-refractivity contribution in [1.29, 1.82) is 0 Å². The summed E-state index contributed by atoms with van der Waals surface area (Å²) in [4.78, 5) is 18.4. The number of halogens is 1. The molecule has 2 atom stereocenters. The predicted octanol–water partition coefficient (Wildman–Crippen LogP) is 5.02. The number of hydrogen-bond acceptors (Lipinski definition) is 3. The Morgan fingerprint density at radius 1 is 1.10 bits per heavy atom. The number of rotatable bonds is 3. The number of benzene rings is 2. The highest BCUT2D eigenvalue weighted by molar-refractivity contribution is 5.72. The van der Waals surface area contributed by atoms with Crippen molar-refractivity contribution in [3.8, 4) is 11.3 Å². The Labute approximate surface area is 168 Å². The van der Waals surface area contributed by atoms with Crippen LogP contribution in [0.25, 0.3) is 17.3 Å². The Morgan fingerprint density at radius 2 is 2.00 bits per heavy atom. The van der Waals surface area contributed by atoms with Gasteiger partial charge in [0.05, 0.1) is 11.7 Å². The van der Waals surface area contributed by atoms with Gasteiger partial charge in [-0.2, -0.15) is 0 Å². The van der Waals surface area contributed by atoms with E-state index in [1.165, 1.54) is 17.7 Å². The molecule has 0 spiro atoms. The first-order valence-corrected chi connectivity index (χ1v) is 9.60. The van der Waals surface area contributed by atoms with Gasteiger partial charge >= 0.3 is 6.09 Å². The van der Waals surface area contributed by atoms with Crippen LogP contribution >= 0.6 is 0 Å². The number of carbonyl (C=O) groups is 1. The number of carbonyl (C=O) groups excluding carboxylic acids is 1. The Bertz CT molecular complexity index is 1090. The van der Waals surface area contributed by atoms with Crippen LogP contribution in [0.3, 0.4) is 0 Å². The van der Waals surface area contributed by atoms with Crippen molar-refractivity contribution in [2.24, 2.45) is 0 Å². The van der Waals surface area contributed by atoms with Crippen LogP contribution in [0.1, 0.15) is 22.6 Å². The van der Waals surface area contributed by atoms with Crippen molar-refractivity contribution < 1.29 is 13.9 Å². The summed E-state index contributed by atoms with van der Waals surface area (Å²) in [7, 11) is 0. The molecule has 4 nitrogen and oxygen atoms in total. The monoisotopic (exact) mass is 386 g/mol. The van der Waals surface area contributed by atoms with Gasteiger partial charge in [0.1, 0.15) is 12.4 Å². The van der Waals surface area contributed by atoms with Crippen LogP contribution in [0.2, 0.25) is 0 Å². The van der Waals surface area contributed by atoms with Gasteiger partial charge in [0, 0.05) is 24.2 Å². The Balaban J connectivity index is 1.42. The highest BCUT2D eigenvalue weighted by atomic mass is 19.1. The maximum absolute atomic E-state index is 13.4. The fourth-order valence-corrected chi connectivity index (χ4v) is 4.11. The lowest BCUT2D eigenvalue weighted by Gasteiger charge is -2.34. The first-order chi connectivity index (χ1) is 14.2. The molecule has 2 aromatic carbocycles. The second-order valence-corrected chi connectivity index (χ2v) is 7.34. The van der Waals surface area contributed by atoms with Crippen molar-refractivity contribution in [3.05, 3.63) is 95.4 Å². The highest BCUT2D eigenvalue weighted by Crippen LogP contribution is 2.37. The van der Waals surface area contributed by atoms with Gasteiger partial charge in [-0.3, -0.25) is 9.88 Å². The van der Waals surface area contributed by atoms with E-state index in [0.717, 1.165) is 22.4 Å². The first-order valence-electron chi connectivity index (χ1n) is 9.60. The molecule has 1 aromatic heterocycles. The summed E-state index contributed by atoms with van der Waals surface area (Å²) in [5.74, 6) is -0.212. The normalized spacial score (nSPS) is 20.4. The maximum atomic E-state index is 13.4. The molecule has 5 heteroatoms. The van der Waals surface area contributed by atoms with Crippen LogP contribution in [0.5, 0.6) is 0 Å². The van der Waals surface area contributed by atoms with E-state index in [2.05, 4.69) is 23.2 Å². The molecule has 0 aliphatic carbocycles. The summed E-state index contributed by atoms with van der Waals surface area (Å²) in [6, 6.07) is 18.5. The van der Waals surface area contributed by atoms with Gasteiger partial charge in [-0.05, 0) is 34.9 Å². The van der Waals surface area contributed by atoms with Gasteiger partial charge in [-0.25, -0.2) is 9.18 Å². The van der Waals surface area contributed by atoms with Crippen molar-refractivity contribution in [2.75, 3.05) is 6.61 Å². The van der Waals surface area contributed by atoms with E-state index in [1.807, 2.05) is 41.3 Å². The summed E-state index contributed by atoms with van der Waals surface area (Å²) < 4.78 is 18.7. The molecule has 29 heavy (non-hydrogen) atoms. The number of fused-ring (bicyclic) bond motifs is 2. The average molecular weight is 386 g/mol. The largest absolute Gasteiger partial charge is 0.447 e. The smallest absolute Gasteiger partial charge is 0.410 e. The second kappa shape index (κ2) is 7.17. The number of ether oxygens (including phenoxy) is 1. The third-order valence-electron chi connectivity index (χ3n) is 5.58. The molecule has 2 unspecified atom stereocenters. The number of hydrogen-bond donors (Lipinski definition) is 0. The van der Waals surface area contributed by atoms with E-state index in [0.29, 0.717) is 13.2 Å². The minimum Gasteiger partial charge on any atom is -0.447 e. The SMILES string of the molecule is O=C1OCC2C(/C=C/c3ccc(-c4cccc(F)c4)nc3)c3ccccc3CN12. The predicted molar refractivity (Wildman–Crippen MR) is 109 cm³/mol. The van der Waals surface area contributed by atoms with Gasteiger partial charge in [0.2, 0.25) is 0 Å². The van der Waals surface area contributed by atoms with Crippen molar-refractivity contribution in [3.63, 3.8) is 0 Å². The zero-order chi connectivity index (χ0) is 19.8. The molecule has 0 radical (unpaired) electrons. The van der Waals surface area contributed by atoms with E-state index in [9.17, 15) is 9.18 Å². The van der Waals surface area contributed by atoms with Gasteiger partial charge in [-0.1, -0.05) is 54.6 Å². The topological polar surface area (TPSA) is 42.4 Å². The lowest BCUT2D eigenvalue weighted by Crippen LogP contribution is -2.41. The molecule has 1 amide bonds.